The Morgan fingerprint density at radius 2 is 2.00 bits per heavy atom. The van der Waals surface area contributed by atoms with E-state index < -0.39 is 0 Å². The quantitative estimate of drug-likeness (QED) is 0.894. The number of nitrogens with one attached hydrogen (secondary N) is 2. The van der Waals surface area contributed by atoms with E-state index in [1.165, 1.54) is 32.1 Å². The second-order valence-corrected chi connectivity index (χ2v) is 7.06. The largest absolute Gasteiger partial charge is 0.382 e. The smallest absolute Gasteiger partial charge is 0.251 e. The lowest BCUT2D eigenvalue weighted by atomic mass is 9.79. The van der Waals surface area contributed by atoms with Crippen LogP contribution in [-0.4, -0.2) is 19.0 Å². The fraction of sp³-hybridized carbons (Fsp3) is 0.611. The fourth-order valence-corrected chi connectivity index (χ4v) is 5.34. The van der Waals surface area contributed by atoms with Gasteiger partial charge in [-0.25, -0.2) is 0 Å². The molecule has 0 aromatic heterocycles. The van der Waals surface area contributed by atoms with Gasteiger partial charge in [0.15, 0.2) is 0 Å². The number of hydrogen-bond donors (Lipinski definition) is 2. The molecule has 0 radical (unpaired) electrons. The van der Waals surface area contributed by atoms with Crippen molar-refractivity contribution in [2.24, 2.45) is 23.7 Å². The lowest BCUT2D eigenvalue weighted by molar-refractivity contribution is 0.0963. The zero-order chi connectivity index (χ0) is 14.4. The summed E-state index contributed by atoms with van der Waals surface area (Å²) in [6.45, 7) is 0. The van der Waals surface area contributed by atoms with Crippen molar-refractivity contribution in [3.05, 3.63) is 29.8 Å². The Balaban J connectivity index is 1.49. The van der Waals surface area contributed by atoms with Gasteiger partial charge in [-0.05, 0) is 67.6 Å². The normalized spacial score (nSPS) is 36.5. The van der Waals surface area contributed by atoms with Crippen molar-refractivity contribution in [3.8, 4) is 0 Å². The first-order valence-corrected chi connectivity index (χ1v) is 8.35. The highest BCUT2D eigenvalue weighted by Crippen LogP contribution is 2.59. The molecular weight excluding hydrogens is 260 g/mol. The predicted octanol–water partition coefficient (Wildman–Crippen LogP) is 3.28. The zero-order valence-corrected chi connectivity index (χ0v) is 12.6. The maximum absolute atomic E-state index is 11.7. The first-order valence-electron chi connectivity index (χ1n) is 8.35. The molecule has 0 heterocycles. The van der Waals surface area contributed by atoms with Gasteiger partial charge in [0.25, 0.3) is 5.91 Å². The van der Waals surface area contributed by atoms with Gasteiger partial charge in [0.2, 0.25) is 0 Å². The van der Waals surface area contributed by atoms with E-state index in [-0.39, 0.29) is 5.91 Å². The zero-order valence-electron chi connectivity index (χ0n) is 12.6. The van der Waals surface area contributed by atoms with Crippen molar-refractivity contribution in [3.63, 3.8) is 0 Å². The van der Waals surface area contributed by atoms with Gasteiger partial charge in [0, 0.05) is 24.3 Å². The average molecular weight is 284 g/mol. The van der Waals surface area contributed by atoms with Crippen LogP contribution >= 0.6 is 0 Å². The Bertz CT molecular complexity index is 556. The standard InChI is InChI=1S/C18H24N2O/c1-19-18(21)11-4-2-5-13(8-11)20-17-10-12-9-16(17)15-7-3-6-14(12)15/h2,4-5,8,12,14-17,20H,3,6-7,9-10H2,1H3,(H,19,21). The van der Waals surface area contributed by atoms with Crippen LogP contribution in [-0.2, 0) is 0 Å². The van der Waals surface area contributed by atoms with Gasteiger partial charge >= 0.3 is 0 Å². The van der Waals surface area contributed by atoms with Crippen LogP contribution in [0.5, 0.6) is 0 Å². The van der Waals surface area contributed by atoms with Crippen molar-refractivity contribution < 1.29 is 4.79 Å². The molecule has 3 nitrogen and oxygen atoms in total. The Morgan fingerprint density at radius 1 is 1.14 bits per heavy atom. The van der Waals surface area contributed by atoms with Crippen LogP contribution in [0.1, 0.15) is 42.5 Å². The third-order valence-corrected chi connectivity index (χ3v) is 6.13. The molecule has 2 bridgehead atoms. The molecule has 5 atom stereocenters. The van der Waals surface area contributed by atoms with E-state index in [1.54, 1.807) is 7.05 Å². The Kier molecular flexibility index (Phi) is 3.16. The first-order chi connectivity index (χ1) is 10.3. The Morgan fingerprint density at radius 3 is 2.86 bits per heavy atom. The first kappa shape index (κ1) is 13.2. The summed E-state index contributed by atoms with van der Waals surface area (Å²) < 4.78 is 0. The van der Waals surface area contributed by atoms with Gasteiger partial charge in [0.05, 0.1) is 0 Å². The predicted molar refractivity (Wildman–Crippen MR) is 84.3 cm³/mol. The number of hydrogen-bond acceptors (Lipinski definition) is 2. The van der Waals surface area contributed by atoms with E-state index in [0.29, 0.717) is 6.04 Å². The Hall–Kier alpha value is -1.51. The molecule has 3 aliphatic rings. The van der Waals surface area contributed by atoms with Crippen LogP contribution in [0.2, 0.25) is 0 Å². The third-order valence-electron chi connectivity index (χ3n) is 6.13. The van der Waals surface area contributed by atoms with E-state index in [2.05, 4.69) is 16.7 Å². The summed E-state index contributed by atoms with van der Waals surface area (Å²) in [4.78, 5) is 11.7. The van der Waals surface area contributed by atoms with Crippen LogP contribution in [0.4, 0.5) is 5.69 Å². The molecule has 112 valence electrons. The van der Waals surface area contributed by atoms with E-state index in [9.17, 15) is 4.79 Å². The molecule has 5 unspecified atom stereocenters. The molecule has 3 heteroatoms. The van der Waals surface area contributed by atoms with Gasteiger partial charge in [-0.1, -0.05) is 12.5 Å². The topological polar surface area (TPSA) is 41.1 Å². The minimum absolute atomic E-state index is 0.0116. The SMILES string of the molecule is CNC(=O)c1cccc(NC2CC3CC2C2CCCC32)c1. The molecule has 0 spiro atoms. The number of amides is 1. The molecular formula is C18H24N2O. The lowest BCUT2D eigenvalue weighted by Gasteiger charge is -2.32. The Labute approximate surface area is 126 Å². The monoisotopic (exact) mass is 284 g/mol. The summed E-state index contributed by atoms with van der Waals surface area (Å²) in [5.41, 5.74) is 1.84. The highest BCUT2D eigenvalue weighted by atomic mass is 16.1. The number of fused-ring (bicyclic) bond motifs is 5. The fourth-order valence-electron chi connectivity index (χ4n) is 5.34. The van der Waals surface area contributed by atoms with Crippen LogP contribution < -0.4 is 10.6 Å². The molecule has 1 amide bonds. The summed E-state index contributed by atoms with van der Waals surface area (Å²) in [5.74, 6) is 3.82. The molecule has 0 aliphatic heterocycles. The van der Waals surface area contributed by atoms with E-state index in [4.69, 9.17) is 0 Å². The van der Waals surface area contributed by atoms with E-state index in [0.717, 1.165) is 34.9 Å². The van der Waals surface area contributed by atoms with Gasteiger partial charge in [-0.2, -0.15) is 0 Å². The van der Waals surface area contributed by atoms with Crippen molar-refractivity contribution in [1.82, 2.24) is 5.32 Å². The van der Waals surface area contributed by atoms with E-state index in [1.807, 2.05) is 18.2 Å². The second kappa shape index (κ2) is 5.04. The van der Waals surface area contributed by atoms with Crippen LogP contribution in [0.25, 0.3) is 0 Å². The van der Waals surface area contributed by atoms with Gasteiger partial charge in [-0.15, -0.1) is 0 Å². The number of carbonyl (C=O) groups is 1. The minimum Gasteiger partial charge on any atom is -0.382 e. The van der Waals surface area contributed by atoms with Gasteiger partial charge in [-0.3, -0.25) is 4.79 Å². The maximum Gasteiger partial charge on any atom is 0.251 e. The van der Waals surface area contributed by atoms with Crippen molar-refractivity contribution >= 4 is 11.6 Å². The number of carbonyl (C=O) groups excluding carboxylic acids is 1. The molecule has 1 aromatic rings. The summed E-state index contributed by atoms with van der Waals surface area (Å²) in [5, 5.41) is 6.42. The maximum atomic E-state index is 11.7. The van der Waals surface area contributed by atoms with Gasteiger partial charge in [0.1, 0.15) is 0 Å². The average Bonchev–Trinajstić information content (AvgIpc) is 3.19. The summed E-state index contributed by atoms with van der Waals surface area (Å²) in [6, 6.07) is 8.53. The van der Waals surface area contributed by atoms with Crippen LogP contribution in [0.15, 0.2) is 24.3 Å². The molecule has 1 aromatic carbocycles. The van der Waals surface area contributed by atoms with Crippen molar-refractivity contribution in [1.29, 1.82) is 0 Å². The number of benzene rings is 1. The van der Waals surface area contributed by atoms with Crippen molar-refractivity contribution in [2.45, 2.75) is 38.1 Å². The summed E-state index contributed by atoms with van der Waals surface area (Å²) in [6.07, 6.45) is 7.13. The molecule has 3 aliphatic carbocycles. The van der Waals surface area contributed by atoms with Gasteiger partial charge < -0.3 is 10.6 Å². The molecule has 3 saturated carbocycles. The minimum atomic E-state index is -0.0116. The van der Waals surface area contributed by atoms with Crippen LogP contribution in [0, 0.1) is 23.7 Å². The highest BCUT2D eigenvalue weighted by Gasteiger charge is 2.53. The molecule has 4 rings (SSSR count). The van der Waals surface area contributed by atoms with Crippen molar-refractivity contribution in [2.75, 3.05) is 12.4 Å². The summed E-state index contributed by atoms with van der Waals surface area (Å²) in [7, 11) is 1.68. The van der Waals surface area contributed by atoms with E-state index >= 15 is 0 Å². The highest BCUT2D eigenvalue weighted by molar-refractivity contribution is 5.94. The molecule has 21 heavy (non-hydrogen) atoms. The van der Waals surface area contributed by atoms with Crippen LogP contribution in [0.3, 0.4) is 0 Å². The number of anilines is 1. The molecule has 0 saturated heterocycles. The molecule has 3 fully saturated rings. The summed E-state index contributed by atoms with van der Waals surface area (Å²) >= 11 is 0. The third kappa shape index (κ3) is 2.14. The number of rotatable bonds is 3. The molecule has 2 N–H and O–H groups in total. The second-order valence-electron chi connectivity index (χ2n) is 7.06. The lowest BCUT2D eigenvalue weighted by Crippen LogP contribution is -2.33.